The molecule has 7 nitrogen and oxygen atoms in total. The van der Waals surface area contributed by atoms with Gasteiger partial charge in [0.05, 0.1) is 17.7 Å². The van der Waals surface area contributed by atoms with Gasteiger partial charge in [-0.3, -0.25) is 9.59 Å². The van der Waals surface area contributed by atoms with E-state index in [9.17, 15) is 22.8 Å². The van der Waals surface area contributed by atoms with Crippen molar-refractivity contribution in [2.75, 3.05) is 16.4 Å². The minimum Gasteiger partial charge on any atom is -0.326 e. The molecule has 1 aromatic heterocycles. The van der Waals surface area contributed by atoms with Crippen LogP contribution in [0.15, 0.2) is 53.7 Å². The molecule has 1 heterocycles. The van der Waals surface area contributed by atoms with E-state index in [0.717, 1.165) is 29.5 Å². The number of aryl methyl sites for hydroxylation is 1. The Hall–Kier alpha value is -3.34. The lowest BCUT2D eigenvalue weighted by molar-refractivity contribution is -0.137. The fraction of sp³-hybridized carbons (Fsp3) is 0.238. The topological polar surface area (TPSA) is 88.9 Å². The zero-order valence-corrected chi connectivity index (χ0v) is 18.0. The standard InChI is InChI=1S/C21H20F3N5O2S/c1-13-6-8-15(9-7-13)25-18(30)11-17-27-28-20(29(17)2)32-12-19(31)26-16-5-3-4-14(10-16)21(22,23)24/h3-10H,11-12H2,1-2H3,(H,25,30)(H,26,31). The summed E-state index contributed by atoms with van der Waals surface area (Å²) in [6, 6.07) is 11.8. The minimum absolute atomic E-state index is 0.00559. The number of thioether (sulfide) groups is 1. The average molecular weight is 463 g/mol. The summed E-state index contributed by atoms with van der Waals surface area (Å²) < 4.78 is 40.0. The highest BCUT2D eigenvalue weighted by Crippen LogP contribution is 2.30. The van der Waals surface area contributed by atoms with Gasteiger partial charge in [0.1, 0.15) is 5.82 Å². The first-order chi connectivity index (χ1) is 15.1. The molecule has 0 radical (unpaired) electrons. The Morgan fingerprint density at radius 3 is 2.38 bits per heavy atom. The van der Waals surface area contributed by atoms with E-state index >= 15 is 0 Å². The predicted molar refractivity (Wildman–Crippen MR) is 115 cm³/mol. The molecule has 32 heavy (non-hydrogen) atoms. The van der Waals surface area contributed by atoms with E-state index in [1.165, 1.54) is 12.1 Å². The SMILES string of the molecule is Cc1ccc(NC(=O)Cc2nnc(SCC(=O)Nc3cccc(C(F)(F)F)c3)n2C)cc1. The van der Waals surface area contributed by atoms with Gasteiger partial charge < -0.3 is 15.2 Å². The van der Waals surface area contributed by atoms with Gasteiger partial charge in [-0.05, 0) is 37.3 Å². The molecule has 0 saturated heterocycles. The van der Waals surface area contributed by atoms with Crippen molar-refractivity contribution in [1.29, 1.82) is 0 Å². The Kier molecular flexibility index (Phi) is 7.18. The number of carbonyl (C=O) groups is 2. The number of alkyl halides is 3. The lowest BCUT2D eigenvalue weighted by atomic mass is 10.2. The van der Waals surface area contributed by atoms with E-state index in [0.29, 0.717) is 16.7 Å². The summed E-state index contributed by atoms with van der Waals surface area (Å²) in [4.78, 5) is 24.4. The van der Waals surface area contributed by atoms with Gasteiger partial charge in [-0.1, -0.05) is 35.5 Å². The van der Waals surface area contributed by atoms with Gasteiger partial charge in [0.2, 0.25) is 11.8 Å². The van der Waals surface area contributed by atoms with Crippen molar-refractivity contribution in [3.63, 3.8) is 0 Å². The molecule has 0 unspecified atom stereocenters. The highest BCUT2D eigenvalue weighted by atomic mass is 32.2. The number of rotatable bonds is 7. The Labute approximate surface area is 186 Å². The first-order valence-electron chi connectivity index (χ1n) is 9.46. The van der Waals surface area contributed by atoms with Crippen LogP contribution >= 0.6 is 11.8 Å². The summed E-state index contributed by atoms with van der Waals surface area (Å²) in [6.45, 7) is 1.95. The quantitative estimate of drug-likeness (QED) is 0.516. The first-order valence-corrected chi connectivity index (χ1v) is 10.4. The Bertz CT molecular complexity index is 1110. The second kappa shape index (κ2) is 9.86. The van der Waals surface area contributed by atoms with Crippen molar-refractivity contribution in [3.05, 3.63) is 65.5 Å². The number of nitrogens with zero attached hydrogens (tertiary/aromatic N) is 3. The van der Waals surface area contributed by atoms with Crippen LogP contribution in [0.25, 0.3) is 0 Å². The molecule has 3 rings (SSSR count). The number of hydrogen-bond donors (Lipinski definition) is 2. The normalized spacial score (nSPS) is 11.3. The highest BCUT2D eigenvalue weighted by molar-refractivity contribution is 7.99. The molecule has 0 atom stereocenters. The van der Waals surface area contributed by atoms with E-state index in [1.807, 2.05) is 19.1 Å². The number of benzene rings is 2. The van der Waals surface area contributed by atoms with Crippen LogP contribution in [0.2, 0.25) is 0 Å². The number of carbonyl (C=O) groups excluding carboxylic acids is 2. The van der Waals surface area contributed by atoms with Crippen LogP contribution in [-0.4, -0.2) is 32.3 Å². The second-order valence-corrected chi connectivity index (χ2v) is 7.91. The maximum atomic E-state index is 12.8. The minimum atomic E-state index is -4.49. The van der Waals surface area contributed by atoms with Gasteiger partial charge in [0.15, 0.2) is 5.16 Å². The maximum absolute atomic E-state index is 12.8. The van der Waals surface area contributed by atoms with Crippen molar-refractivity contribution in [2.45, 2.75) is 24.7 Å². The fourth-order valence-electron chi connectivity index (χ4n) is 2.71. The molecule has 168 valence electrons. The third-order valence-corrected chi connectivity index (χ3v) is 5.41. The summed E-state index contributed by atoms with van der Waals surface area (Å²) in [5.41, 5.74) is 0.959. The molecule has 2 aromatic carbocycles. The van der Waals surface area contributed by atoms with Crippen LogP contribution in [0, 0.1) is 6.92 Å². The lowest BCUT2D eigenvalue weighted by Crippen LogP contribution is -2.17. The van der Waals surface area contributed by atoms with Crippen LogP contribution < -0.4 is 10.6 Å². The lowest BCUT2D eigenvalue weighted by Gasteiger charge is -2.10. The molecule has 0 aliphatic rings. The zero-order chi connectivity index (χ0) is 23.3. The summed E-state index contributed by atoms with van der Waals surface area (Å²) in [5, 5.41) is 13.6. The van der Waals surface area contributed by atoms with Crippen LogP contribution in [0.1, 0.15) is 17.0 Å². The largest absolute Gasteiger partial charge is 0.416 e. The fourth-order valence-corrected chi connectivity index (χ4v) is 3.44. The van der Waals surface area contributed by atoms with E-state index < -0.39 is 17.6 Å². The van der Waals surface area contributed by atoms with Crippen molar-refractivity contribution in [1.82, 2.24) is 14.8 Å². The molecule has 0 aliphatic carbocycles. The smallest absolute Gasteiger partial charge is 0.326 e. The van der Waals surface area contributed by atoms with Gasteiger partial charge >= 0.3 is 6.18 Å². The molecule has 0 fully saturated rings. The maximum Gasteiger partial charge on any atom is 0.416 e. The molecule has 0 bridgehead atoms. The molecule has 3 aromatic rings. The second-order valence-electron chi connectivity index (χ2n) is 6.96. The predicted octanol–water partition coefficient (Wildman–Crippen LogP) is 4.05. The molecule has 0 saturated carbocycles. The van der Waals surface area contributed by atoms with E-state index in [1.54, 1.807) is 23.7 Å². The van der Waals surface area contributed by atoms with Gasteiger partial charge in [-0.25, -0.2) is 0 Å². The van der Waals surface area contributed by atoms with Gasteiger partial charge in [0.25, 0.3) is 0 Å². The van der Waals surface area contributed by atoms with Crippen molar-refractivity contribution in [3.8, 4) is 0 Å². The highest BCUT2D eigenvalue weighted by Gasteiger charge is 2.30. The molecule has 11 heteroatoms. The average Bonchev–Trinajstić information content (AvgIpc) is 3.07. The van der Waals surface area contributed by atoms with Crippen LogP contribution in [0.4, 0.5) is 24.5 Å². The van der Waals surface area contributed by atoms with Crippen LogP contribution in [0.3, 0.4) is 0 Å². The number of amides is 2. The number of aromatic nitrogens is 3. The Morgan fingerprint density at radius 2 is 1.69 bits per heavy atom. The van der Waals surface area contributed by atoms with E-state index in [-0.39, 0.29) is 23.8 Å². The van der Waals surface area contributed by atoms with Crippen molar-refractivity contribution in [2.24, 2.45) is 7.05 Å². The van der Waals surface area contributed by atoms with Gasteiger partial charge in [-0.15, -0.1) is 10.2 Å². The number of nitrogens with one attached hydrogen (secondary N) is 2. The van der Waals surface area contributed by atoms with E-state index in [4.69, 9.17) is 0 Å². The molecule has 0 aliphatic heterocycles. The number of anilines is 2. The third kappa shape index (κ3) is 6.33. The molecule has 2 N–H and O–H groups in total. The molecule has 0 spiro atoms. The molecular weight excluding hydrogens is 443 g/mol. The van der Waals surface area contributed by atoms with Crippen molar-refractivity contribution >= 4 is 35.0 Å². The van der Waals surface area contributed by atoms with Crippen molar-refractivity contribution < 1.29 is 22.8 Å². The van der Waals surface area contributed by atoms with Crippen LogP contribution in [0.5, 0.6) is 0 Å². The van der Waals surface area contributed by atoms with Gasteiger partial charge in [-0.2, -0.15) is 13.2 Å². The van der Waals surface area contributed by atoms with E-state index in [2.05, 4.69) is 20.8 Å². The first kappa shape index (κ1) is 23.3. The summed E-state index contributed by atoms with van der Waals surface area (Å²) in [6.07, 6.45) is -4.50. The monoisotopic (exact) mass is 463 g/mol. The molecular formula is C21H20F3N5O2S. The Balaban J connectivity index is 1.53. The Morgan fingerprint density at radius 1 is 1.00 bits per heavy atom. The summed E-state index contributed by atoms with van der Waals surface area (Å²) in [5.74, 6) is -0.424. The summed E-state index contributed by atoms with van der Waals surface area (Å²) >= 11 is 1.06. The third-order valence-electron chi connectivity index (χ3n) is 4.39. The molecule has 2 amide bonds. The number of halogens is 3. The number of hydrogen-bond acceptors (Lipinski definition) is 5. The van der Waals surface area contributed by atoms with Crippen LogP contribution in [-0.2, 0) is 29.2 Å². The summed E-state index contributed by atoms with van der Waals surface area (Å²) in [7, 11) is 1.67. The zero-order valence-electron chi connectivity index (χ0n) is 17.2. The van der Waals surface area contributed by atoms with Gasteiger partial charge in [0, 0.05) is 18.4 Å².